The second-order valence-corrected chi connectivity index (χ2v) is 5.18. The van der Waals surface area contributed by atoms with E-state index >= 15 is 0 Å². The lowest BCUT2D eigenvalue weighted by Gasteiger charge is -2.09. The minimum atomic E-state index is -0.393. The van der Waals surface area contributed by atoms with E-state index in [9.17, 15) is 4.79 Å². The molecule has 0 spiro atoms. The summed E-state index contributed by atoms with van der Waals surface area (Å²) in [7, 11) is 0. The van der Waals surface area contributed by atoms with E-state index in [1.165, 1.54) is 0 Å². The summed E-state index contributed by atoms with van der Waals surface area (Å²) >= 11 is 0. The van der Waals surface area contributed by atoms with Crippen LogP contribution in [0, 0.1) is 6.92 Å². The molecule has 124 valence electrons. The molecule has 0 unspecified atom stereocenters. The molecule has 0 aromatic carbocycles. The van der Waals surface area contributed by atoms with E-state index in [4.69, 9.17) is 4.52 Å². The Kier molecular flexibility index (Phi) is 4.54. The molecule has 1 atom stereocenters. The molecule has 3 aromatic heterocycles. The molecule has 10 nitrogen and oxygen atoms in total. The summed E-state index contributed by atoms with van der Waals surface area (Å²) < 4.78 is 6.79. The molecule has 0 saturated heterocycles. The number of rotatable bonds is 6. The Balaban J connectivity index is 1.57. The number of hydrogen-bond donors (Lipinski definition) is 1. The lowest BCUT2D eigenvalue weighted by molar-refractivity contribution is -0.122. The van der Waals surface area contributed by atoms with Gasteiger partial charge in [-0.05, 0) is 36.4 Å². The average molecular weight is 328 g/mol. The van der Waals surface area contributed by atoms with Crippen LogP contribution in [0.15, 0.2) is 29.0 Å². The molecule has 24 heavy (non-hydrogen) atoms. The van der Waals surface area contributed by atoms with Gasteiger partial charge < -0.3 is 9.84 Å². The standard InChI is InChI=1S/C14H16N8O2/c1-9(16-12(23)5-8-22-10(2)18-20-21-22)14-17-13(19-24-14)11-3-6-15-7-4-11/h3-4,6-7,9H,5,8H2,1-2H3,(H,16,23)/t9-/m1/s1. The first-order chi connectivity index (χ1) is 11.6. The van der Waals surface area contributed by atoms with Gasteiger partial charge in [0.2, 0.25) is 17.6 Å². The number of carbonyl (C=O) groups excluding carboxylic acids is 1. The molecule has 0 aliphatic rings. The number of pyridine rings is 1. The van der Waals surface area contributed by atoms with Crippen molar-refractivity contribution in [2.24, 2.45) is 0 Å². The number of nitrogens with one attached hydrogen (secondary N) is 1. The van der Waals surface area contributed by atoms with Gasteiger partial charge in [0.15, 0.2) is 0 Å². The van der Waals surface area contributed by atoms with Crippen molar-refractivity contribution in [3.8, 4) is 11.4 Å². The van der Waals surface area contributed by atoms with Gasteiger partial charge in [0.05, 0.1) is 6.54 Å². The van der Waals surface area contributed by atoms with Crippen LogP contribution in [0.1, 0.15) is 31.1 Å². The third kappa shape index (κ3) is 3.59. The number of nitrogens with zero attached hydrogens (tertiary/aromatic N) is 7. The highest BCUT2D eigenvalue weighted by molar-refractivity contribution is 5.76. The summed E-state index contributed by atoms with van der Waals surface area (Å²) in [6, 6.07) is 3.18. The van der Waals surface area contributed by atoms with E-state index in [-0.39, 0.29) is 12.3 Å². The van der Waals surface area contributed by atoms with E-state index in [0.717, 1.165) is 5.56 Å². The molecule has 1 amide bonds. The first kappa shape index (κ1) is 15.7. The molecular weight excluding hydrogens is 312 g/mol. The molecular formula is C14H16N8O2. The predicted octanol–water partition coefficient (Wildman–Crippen LogP) is 0.694. The van der Waals surface area contributed by atoms with Crippen LogP contribution in [0.4, 0.5) is 0 Å². The molecule has 0 saturated carbocycles. The van der Waals surface area contributed by atoms with Crippen molar-refractivity contribution in [3.05, 3.63) is 36.2 Å². The van der Waals surface area contributed by atoms with Gasteiger partial charge in [-0.1, -0.05) is 5.16 Å². The largest absolute Gasteiger partial charge is 0.345 e. The van der Waals surface area contributed by atoms with E-state index in [1.807, 2.05) is 0 Å². The zero-order valence-corrected chi connectivity index (χ0v) is 13.2. The molecule has 10 heteroatoms. The summed E-state index contributed by atoms with van der Waals surface area (Å²) in [5.41, 5.74) is 0.799. The third-order valence-corrected chi connectivity index (χ3v) is 3.39. The molecule has 0 fully saturated rings. The van der Waals surface area contributed by atoms with E-state index in [2.05, 4.69) is 36.0 Å². The SMILES string of the molecule is Cc1nnnn1CCC(=O)N[C@H](C)c1nc(-c2ccncc2)no1. The minimum Gasteiger partial charge on any atom is -0.345 e. The van der Waals surface area contributed by atoms with Gasteiger partial charge in [-0.25, -0.2) is 4.68 Å². The van der Waals surface area contributed by atoms with Crippen molar-refractivity contribution in [1.82, 2.24) is 40.6 Å². The quantitative estimate of drug-likeness (QED) is 0.701. The summed E-state index contributed by atoms with van der Waals surface area (Å²) in [6.45, 7) is 3.97. The molecule has 0 radical (unpaired) electrons. The van der Waals surface area contributed by atoms with Crippen LogP contribution in [-0.4, -0.2) is 41.2 Å². The van der Waals surface area contributed by atoms with Crippen molar-refractivity contribution in [2.45, 2.75) is 32.9 Å². The number of aromatic nitrogens is 7. The van der Waals surface area contributed by atoms with Gasteiger partial charge in [0.1, 0.15) is 11.9 Å². The lowest BCUT2D eigenvalue weighted by Crippen LogP contribution is -2.28. The first-order valence-corrected chi connectivity index (χ1v) is 7.39. The van der Waals surface area contributed by atoms with Crippen LogP contribution < -0.4 is 5.32 Å². The summed E-state index contributed by atoms with van der Waals surface area (Å²) in [5.74, 6) is 1.31. The van der Waals surface area contributed by atoms with Crippen LogP contribution >= 0.6 is 0 Å². The van der Waals surface area contributed by atoms with Crippen molar-refractivity contribution in [2.75, 3.05) is 0 Å². The Morgan fingerprint density at radius 1 is 1.38 bits per heavy atom. The van der Waals surface area contributed by atoms with Gasteiger partial charge in [0, 0.05) is 24.4 Å². The highest BCUT2D eigenvalue weighted by Crippen LogP contribution is 2.17. The fourth-order valence-electron chi connectivity index (χ4n) is 2.07. The zero-order chi connectivity index (χ0) is 16.9. The van der Waals surface area contributed by atoms with Crippen molar-refractivity contribution in [3.63, 3.8) is 0 Å². The van der Waals surface area contributed by atoms with Gasteiger partial charge >= 0.3 is 0 Å². The van der Waals surface area contributed by atoms with E-state index in [1.54, 1.807) is 43.1 Å². The van der Waals surface area contributed by atoms with Crippen molar-refractivity contribution >= 4 is 5.91 Å². The van der Waals surface area contributed by atoms with Gasteiger partial charge in [0.25, 0.3) is 0 Å². The second-order valence-electron chi connectivity index (χ2n) is 5.18. The Labute approximate surface area is 137 Å². The van der Waals surface area contributed by atoms with Crippen molar-refractivity contribution < 1.29 is 9.32 Å². The Hall–Kier alpha value is -3.17. The van der Waals surface area contributed by atoms with Crippen LogP contribution in [0.2, 0.25) is 0 Å². The minimum absolute atomic E-state index is 0.152. The van der Waals surface area contributed by atoms with Gasteiger partial charge in [-0.3, -0.25) is 9.78 Å². The van der Waals surface area contributed by atoms with E-state index in [0.29, 0.717) is 24.1 Å². The van der Waals surface area contributed by atoms with Crippen LogP contribution in [-0.2, 0) is 11.3 Å². The fourth-order valence-corrected chi connectivity index (χ4v) is 2.07. The zero-order valence-electron chi connectivity index (χ0n) is 13.2. The predicted molar refractivity (Wildman–Crippen MR) is 81.3 cm³/mol. The van der Waals surface area contributed by atoms with Crippen LogP contribution in [0.3, 0.4) is 0 Å². The first-order valence-electron chi connectivity index (χ1n) is 7.39. The maximum atomic E-state index is 12.0. The molecule has 3 aromatic rings. The maximum absolute atomic E-state index is 12.0. The molecule has 3 rings (SSSR count). The Morgan fingerprint density at radius 3 is 2.88 bits per heavy atom. The highest BCUT2D eigenvalue weighted by atomic mass is 16.5. The lowest BCUT2D eigenvalue weighted by atomic mass is 10.2. The average Bonchev–Trinajstić information content (AvgIpc) is 3.23. The highest BCUT2D eigenvalue weighted by Gasteiger charge is 2.17. The number of aryl methyl sites for hydroxylation is 2. The number of tetrazole rings is 1. The van der Waals surface area contributed by atoms with Gasteiger partial charge in [-0.2, -0.15) is 4.98 Å². The third-order valence-electron chi connectivity index (χ3n) is 3.39. The summed E-state index contributed by atoms with van der Waals surface area (Å²) in [6.07, 6.45) is 3.55. The molecule has 0 bridgehead atoms. The summed E-state index contributed by atoms with van der Waals surface area (Å²) in [5, 5.41) is 17.8. The molecule has 3 heterocycles. The molecule has 0 aliphatic heterocycles. The van der Waals surface area contributed by atoms with Crippen LogP contribution in [0.5, 0.6) is 0 Å². The van der Waals surface area contributed by atoms with Crippen LogP contribution in [0.25, 0.3) is 11.4 Å². The number of carbonyl (C=O) groups is 1. The Morgan fingerprint density at radius 2 is 2.17 bits per heavy atom. The fraction of sp³-hybridized carbons (Fsp3) is 0.357. The smallest absolute Gasteiger partial charge is 0.249 e. The number of hydrogen-bond acceptors (Lipinski definition) is 8. The topological polar surface area (TPSA) is 125 Å². The Bertz CT molecular complexity index is 813. The molecule has 0 aliphatic carbocycles. The number of amides is 1. The maximum Gasteiger partial charge on any atom is 0.249 e. The monoisotopic (exact) mass is 328 g/mol. The van der Waals surface area contributed by atoms with E-state index < -0.39 is 6.04 Å². The normalized spacial score (nSPS) is 12.1. The molecule has 1 N–H and O–H groups in total. The summed E-state index contributed by atoms with van der Waals surface area (Å²) in [4.78, 5) is 20.3. The van der Waals surface area contributed by atoms with Gasteiger partial charge in [-0.15, -0.1) is 5.10 Å². The van der Waals surface area contributed by atoms with Crippen molar-refractivity contribution in [1.29, 1.82) is 0 Å². The second kappa shape index (κ2) is 6.94.